The lowest BCUT2D eigenvalue weighted by molar-refractivity contribution is -0.137. The lowest BCUT2D eigenvalue weighted by atomic mass is 10.5. The van der Waals surface area contributed by atoms with E-state index < -0.39 is 5.97 Å². The minimum atomic E-state index is -0.583. The van der Waals surface area contributed by atoms with Gasteiger partial charge in [0.25, 0.3) is 0 Å². The van der Waals surface area contributed by atoms with Gasteiger partial charge in [-0.05, 0) is 0 Å². The summed E-state index contributed by atoms with van der Waals surface area (Å²) < 4.78 is 4.31. The third kappa shape index (κ3) is 4.96. The van der Waals surface area contributed by atoms with Crippen LogP contribution in [-0.4, -0.2) is 12.6 Å². The van der Waals surface area contributed by atoms with Crippen LogP contribution in [0.1, 0.15) is 6.42 Å². The molecule has 0 aromatic rings. The van der Waals surface area contributed by atoms with Gasteiger partial charge < -0.3 is 4.74 Å². The van der Waals surface area contributed by atoms with Gasteiger partial charge in [-0.1, -0.05) is 0 Å². The predicted molar refractivity (Wildman–Crippen MR) is 26.5 cm³/mol. The quantitative estimate of drug-likeness (QED) is 0.380. The Hall–Kier alpha value is -1.04. The lowest BCUT2D eigenvalue weighted by Gasteiger charge is -1.92. The number of carbonyl (C=O) groups is 1. The molecule has 3 nitrogen and oxygen atoms in total. The Kier molecular flexibility index (Phi) is 3.59. The molecule has 0 aromatic heterocycles. The molecule has 1 radical (unpaired) electrons. The van der Waals surface area contributed by atoms with Gasteiger partial charge in [-0.25, -0.2) is 0 Å². The molecule has 0 N–H and O–H groups in total. The van der Waals surface area contributed by atoms with Gasteiger partial charge in [-0.15, -0.1) is 0 Å². The second-order valence-electron chi connectivity index (χ2n) is 1.13. The van der Waals surface area contributed by atoms with E-state index in [1.54, 1.807) is 0 Å². The highest BCUT2D eigenvalue weighted by molar-refractivity contribution is 5.73. The summed E-state index contributed by atoms with van der Waals surface area (Å²) in [6, 6.07) is 1.82. The zero-order chi connectivity index (χ0) is 6.41. The van der Waals surface area contributed by atoms with Gasteiger partial charge in [-0.2, -0.15) is 5.26 Å². The first kappa shape index (κ1) is 6.96. The van der Waals surface area contributed by atoms with E-state index in [-0.39, 0.29) is 13.0 Å². The summed E-state index contributed by atoms with van der Waals surface area (Å²) in [5.74, 6) is -0.583. The number of nitriles is 1. The van der Waals surface area contributed by atoms with Gasteiger partial charge >= 0.3 is 5.97 Å². The van der Waals surface area contributed by atoms with E-state index in [0.717, 1.165) is 0 Å². The zero-order valence-electron chi connectivity index (χ0n) is 4.39. The first-order valence-electron chi connectivity index (χ1n) is 2.13. The summed E-state index contributed by atoms with van der Waals surface area (Å²) >= 11 is 0. The molecular weight excluding hydrogens is 106 g/mol. The van der Waals surface area contributed by atoms with Crippen LogP contribution in [0.4, 0.5) is 0 Å². The van der Waals surface area contributed by atoms with Crippen LogP contribution in [-0.2, 0) is 9.53 Å². The van der Waals surface area contributed by atoms with Crippen LogP contribution in [0.25, 0.3) is 0 Å². The van der Waals surface area contributed by atoms with E-state index in [1.165, 1.54) is 0 Å². The molecule has 0 fully saturated rings. The van der Waals surface area contributed by atoms with Crippen molar-refractivity contribution in [1.29, 1.82) is 5.26 Å². The molecule has 0 spiro atoms. The van der Waals surface area contributed by atoms with Crippen LogP contribution in [0, 0.1) is 18.3 Å². The van der Waals surface area contributed by atoms with E-state index in [0.29, 0.717) is 0 Å². The van der Waals surface area contributed by atoms with Crippen molar-refractivity contribution in [2.24, 2.45) is 0 Å². The lowest BCUT2D eigenvalue weighted by Crippen LogP contribution is -1.99. The van der Waals surface area contributed by atoms with Crippen LogP contribution in [0.15, 0.2) is 0 Å². The van der Waals surface area contributed by atoms with Crippen molar-refractivity contribution >= 4 is 5.97 Å². The molecule has 0 amide bonds. The summed E-state index contributed by atoms with van der Waals surface area (Å²) in [6.45, 7) is 3.09. The summed E-state index contributed by atoms with van der Waals surface area (Å²) in [6.07, 6.45) is 0.237. The first-order valence-corrected chi connectivity index (χ1v) is 2.13. The summed E-state index contributed by atoms with van der Waals surface area (Å²) in [5.41, 5.74) is 0. The molecule has 0 aliphatic carbocycles. The molecule has 0 heterocycles. The number of ether oxygens (including phenoxy) is 1. The molecule has 0 atom stereocenters. The second kappa shape index (κ2) is 4.13. The van der Waals surface area contributed by atoms with Crippen molar-refractivity contribution in [1.82, 2.24) is 0 Å². The number of esters is 1. The van der Waals surface area contributed by atoms with E-state index in [4.69, 9.17) is 5.26 Å². The van der Waals surface area contributed by atoms with Crippen LogP contribution >= 0.6 is 0 Å². The van der Waals surface area contributed by atoms with Crippen molar-refractivity contribution in [2.45, 2.75) is 6.42 Å². The molecule has 0 rings (SSSR count). The van der Waals surface area contributed by atoms with Gasteiger partial charge in [0.15, 0.2) is 0 Å². The number of hydrogen-bond acceptors (Lipinski definition) is 3. The number of carbonyl (C=O) groups excluding carboxylic acids is 1. The van der Waals surface area contributed by atoms with Crippen LogP contribution < -0.4 is 0 Å². The van der Waals surface area contributed by atoms with Crippen molar-refractivity contribution < 1.29 is 9.53 Å². The minimum Gasteiger partial charge on any atom is -0.465 e. The van der Waals surface area contributed by atoms with Gasteiger partial charge in [0.2, 0.25) is 0 Å². The fourth-order valence-electron chi connectivity index (χ4n) is 0.211. The number of hydrogen-bond donors (Lipinski definition) is 0. The van der Waals surface area contributed by atoms with Gasteiger partial charge in [0.05, 0.1) is 19.4 Å². The third-order valence-electron chi connectivity index (χ3n) is 0.477. The van der Waals surface area contributed by atoms with E-state index in [9.17, 15) is 4.79 Å². The molecule has 0 aromatic carbocycles. The molecule has 0 aliphatic rings. The first-order chi connectivity index (χ1) is 3.77. The van der Waals surface area contributed by atoms with Gasteiger partial charge in [-0.3, -0.25) is 4.79 Å². The Morgan fingerprint density at radius 2 is 2.50 bits per heavy atom. The maximum absolute atomic E-state index is 9.88. The van der Waals surface area contributed by atoms with Crippen molar-refractivity contribution in [2.75, 3.05) is 6.61 Å². The summed E-state index contributed by atoms with van der Waals surface area (Å²) in [5, 5.41) is 7.92. The van der Waals surface area contributed by atoms with Crippen molar-refractivity contribution in [3.63, 3.8) is 0 Å². The van der Waals surface area contributed by atoms with Crippen LogP contribution in [0.3, 0.4) is 0 Å². The van der Waals surface area contributed by atoms with Crippen molar-refractivity contribution in [3.8, 4) is 6.07 Å². The Morgan fingerprint density at radius 1 is 1.88 bits per heavy atom. The molecule has 8 heavy (non-hydrogen) atoms. The second-order valence-corrected chi connectivity index (χ2v) is 1.13. The molecule has 0 unspecified atom stereocenters. The third-order valence-corrected chi connectivity index (χ3v) is 0.477. The highest BCUT2D eigenvalue weighted by atomic mass is 16.5. The average Bonchev–Trinajstić information content (AvgIpc) is 1.66. The Morgan fingerprint density at radius 3 is 2.88 bits per heavy atom. The van der Waals surface area contributed by atoms with Crippen LogP contribution in [0.5, 0.6) is 0 Å². The normalized spacial score (nSPS) is 7.50. The summed E-state index contributed by atoms with van der Waals surface area (Å²) in [7, 11) is 0. The maximum Gasteiger partial charge on any atom is 0.306 e. The molecule has 0 aliphatic heterocycles. The Bertz CT molecular complexity index is 114. The van der Waals surface area contributed by atoms with E-state index >= 15 is 0 Å². The van der Waals surface area contributed by atoms with Gasteiger partial charge in [0.1, 0.15) is 6.61 Å². The Balaban J connectivity index is 2.97. The standard InChI is InChI=1S/C5H6NO2/c1-5(7)8-4-2-3-6/h1-2,4H2. The van der Waals surface area contributed by atoms with Crippen molar-refractivity contribution in [3.05, 3.63) is 6.92 Å². The maximum atomic E-state index is 9.88. The molecule has 43 valence electrons. The fourth-order valence-corrected chi connectivity index (χ4v) is 0.211. The van der Waals surface area contributed by atoms with E-state index in [1.807, 2.05) is 6.07 Å². The zero-order valence-corrected chi connectivity index (χ0v) is 4.39. The Labute approximate surface area is 47.9 Å². The number of nitrogens with zero attached hydrogens (tertiary/aromatic N) is 1. The average molecular weight is 112 g/mol. The monoisotopic (exact) mass is 112 g/mol. The highest BCUT2D eigenvalue weighted by Gasteiger charge is 1.88. The fraction of sp³-hybridized carbons (Fsp3) is 0.400. The molecule has 0 saturated carbocycles. The number of rotatable bonds is 2. The molecule has 0 bridgehead atoms. The SMILES string of the molecule is [CH2]C(=O)OCCC#N. The topological polar surface area (TPSA) is 50.1 Å². The van der Waals surface area contributed by atoms with E-state index in [2.05, 4.69) is 11.7 Å². The van der Waals surface area contributed by atoms with Crippen LogP contribution in [0.2, 0.25) is 0 Å². The molecular formula is C5H6NO2. The molecule has 3 heteroatoms. The minimum absolute atomic E-state index is 0.152. The largest absolute Gasteiger partial charge is 0.465 e. The van der Waals surface area contributed by atoms with Gasteiger partial charge in [0, 0.05) is 0 Å². The summed E-state index contributed by atoms with van der Waals surface area (Å²) in [4.78, 5) is 9.88. The highest BCUT2D eigenvalue weighted by Crippen LogP contribution is 1.78. The smallest absolute Gasteiger partial charge is 0.306 e. The predicted octanol–water partition coefficient (Wildman–Crippen LogP) is 0.277. The molecule has 0 saturated heterocycles.